The van der Waals surface area contributed by atoms with E-state index in [0.717, 1.165) is 11.1 Å². The largest absolute Gasteiger partial charge is 0.493 e. The highest BCUT2D eigenvalue weighted by Gasteiger charge is 2.35. The van der Waals surface area contributed by atoms with Crippen molar-refractivity contribution in [3.05, 3.63) is 53.1 Å². The molecule has 2 amide bonds. The molecule has 0 unspecified atom stereocenters. The van der Waals surface area contributed by atoms with Crippen molar-refractivity contribution in [3.63, 3.8) is 0 Å². The van der Waals surface area contributed by atoms with Crippen LogP contribution in [0.1, 0.15) is 61.6 Å². The lowest BCUT2D eigenvalue weighted by Gasteiger charge is -2.29. The summed E-state index contributed by atoms with van der Waals surface area (Å²) >= 11 is 0. The fraction of sp³-hybridized carbons (Fsp3) is 0.440. The molecule has 0 radical (unpaired) electrons. The molecule has 1 aliphatic rings. The number of hydrogen-bond acceptors (Lipinski definition) is 6. The van der Waals surface area contributed by atoms with Crippen molar-refractivity contribution in [2.24, 2.45) is 0 Å². The molecule has 0 bridgehead atoms. The zero-order chi connectivity index (χ0) is 24.2. The van der Waals surface area contributed by atoms with E-state index in [-0.39, 0.29) is 11.9 Å². The second kappa shape index (κ2) is 10.0. The lowest BCUT2D eigenvalue weighted by Crippen LogP contribution is -2.36. The van der Waals surface area contributed by atoms with E-state index in [1.165, 1.54) is 0 Å². The molecule has 1 heterocycles. The number of nitrogens with two attached hydrogens (primary N) is 1. The number of anilines is 1. The number of nitrogens with one attached hydrogen (secondary N) is 1. The van der Waals surface area contributed by atoms with Crippen LogP contribution in [-0.4, -0.2) is 42.8 Å². The number of methoxy groups -OCH3 is 1. The predicted octanol–water partition coefficient (Wildman–Crippen LogP) is 4.29. The van der Waals surface area contributed by atoms with Crippen molar-refractivity contribution < 1.29 is 23.8 Å². The van der Waals surface area contributed by atoms with Crippen LogP contribution in [0.3, 0.4) is 0 Å². The summed E-state index contributed by atoms with van der Waals surface area (Å²) in [5, 5.41) is 2.79. The van der Waals surface area contributed by atoms with Crippen molar-refractivity contribution in [3.8, 4) is 11.5 Å². The third-order valence-electron chi connectivity index (χ3n) is 5.33. The first-order chi connectivity index (χ1) is 15.6. The van der Waals surface area contributed by atoms with Gasteiger partial charge in [-0.25, -0.2) is 4.79 Å². The van der Waals surface area contributed by atoms with Gasteiger partial charge in [0.1, 0.15) is 5.60 Å². The molecule has 2 aromatic rings. The molecular formula is C25H33N3O5. The van der Waals surface area contributed by atoms with Crippen LogP contribution < -0.4 is 20.5 Å². The first-order valence-corrected chi connectivity index (χ1v) is 11.1. The second-order valence-corrected chi connectivity index (χ2v) is 8.89. The van der Waals surface area contributed by atoms with Crippen LogP contribution in [-0.2, 0) is 11.3 Å². The SMILES string of the molecule is CCOc1cc([C@@H](CCNC(=O)OC(C)(C)C)N2Cc3cccc(N)c3C2=O)ccc1OC. The Bertz CT molecular complexity index is 1020. The number of nitrogens with zero attached hydrogens (tertiary/aromatic N) is 1. The Morgan fingerprint density at radius 2 is 1.97 bits per heavy atom. The Hall–Kier alpha value is -3.42. The first-order valence-electron chi connectivity index (χ1n) is 11.1. The number of alkyl carbamates (subject to hydrolysis) is 1. The molecule has 1 atom stereocenters. The molecule has 8 nitrogen and oxygen atoms in total. The van der Waals surface area contributed by atoms with Crippen LogP contribution in [0.5, 0.6) is 11.5 Å². The van der Waals surface area contributed by atoms with Gasteiger partial charge in [0.2, 0.25) is 0 Å². The summed E-state index contributed by atoms with van der Waals surface area (Å²) in [5.41, 5.74) is 8.30. The first kappa shape index (κ1) is 24.2. The molecule has 0 aliphatic carbocycles. The number of hydrogen-bond donors (Lipinski definition) is 2. The summed E-state index contributed by atoms with van der Waals surface area (Å²) in [4.78, 5) is 27.3. The third kappa shape index (κ3) is 5.69. The van der Waals surface area contributed by atoms with Gasteiger partial charge in [0, 0.05) is 18.8 Å². The summed E-state index contributed by atoms with van der Waals surface area (Å²) in [6, 6.07) is 10.8. The van der Waals surface area contributed by atoms with Crippen LogP contribution in [0.4, 0.5) is 10.5 Å². The van der Waals surface area contributed by atoms with Crippen LogP contribution >= 0.6 is 0 Å². The zero-order valence-electron chi connectivity index (χ0n) is 19.9. The molecule has 0 saturated carbocycles. The van der Waals surface area contributed by atoms with Crippen LogP contribution in [0.2, 0.25) is 0 Å². The quantitative estimate of drug-likeness (QED) is 0.576. The zero-order valence-corrected chi connectivity index (χ0v) is 19.9. The normalized spacial score (nSPS) is 14.0. The lowest BCUT2D eigenvalue weighted by molar-refractivity contribution is 0.0520. The number of ether oxygens (including phenoxy) is 3. The Balaban J connectivity index is 1.88. The monoisotopic (exact) mass is 455 g/mol. The topological polar surface area (TPSA) is 103 Å². The van der Waals surface area contributed by atoms with Gasteiger partial charge in [0.05, 0.1) is 25.3 Å². The van der Waals surface area contributed by atoms with Gasteiger partial charge >= 0.3 is 6.09 Å². The van der Waals surface area contributed by atoms with E-state index in [0.29, 0.717) is 48.9 Å². The average Bonchev–Trinajstić information content (AvgIpc) is 3.07. The van der Waals surface area contributed by atoms with E-state index in [9.17, 15) is 9.59 Å². The van der Waals surface area contributed by atoms with Crippen molar-refractivity contribution in [2.45, 2.75) is 52.3 Å². The molecule has 178 valence electrons. The van der Waals surface area contributed by atoms with E-state index in [1.807, 2.05) is 58.0 Å². The predicted molar refractivity (Wildman–Crippen MR) is 126 cm³/mol. The number of benzene rings is 2. The molecule has 3 N–H and O–H groups in total. The van der Waals surface area contributed by atoms with E-state index in [2.05, 4.69) is 5.32 Å². The van der Waals surface area contributed by atoms with Crippen molar-refractivity contribution in [1.29, 1.82) is 0 Å². The standard InChI is InChI=1S/C25H33N3O5/c1-6-32-21-14-16(10-11-20(21)31-5)19(12-13-27-24(30)33-25(2,3)4)28-15-17-8-7-9-18(26)22(17)23(28)29/h7-11,14,19H,6,12-13,15,26H2,1-5H3,(H,27,30)/t19-/m1/s1. The summed E-state index contributed by atoms with van der Waals surface area (Å²) < 4.78 is 16.5. The average molecular weight is 456 g/mol. The van der Waals surface area contributed by atoms with E-state index in [1.54, 1.807) is 18.1 Å². The number of rotatable bonds is 8. The van der Waals surface area contributed by atoms with Crippen molar-refractivity contribution >= 4 is 17.7 Å². The van der Waals surface area contributed by atoms with Gasteiger partial charge in [-0.2, -0.15) is 0 Å². The number of fused-ring (bicyclic) bond motifs is 1. The molecule has 1 aliphatic heterocycles. The fourth-order valence-electron chi connectivity index (χ4n) is 3.96. The minimum Gasteiger partial charge on any atom is -0.493 e. The summed E-state index contributed by atoms with van der Waals surface area (Å²) in [5.74, 6) is 1.09. The molecule has 0 fully saturated rings. The van der Waals surface area contributed by atoms with E-state index >= 15 is 0 Å². The van der Waals surface area contributed by atoms with Gasteiger partial charge in [-0.1, -0.05) is 18.2 Å². The smallest absolute Gasteiger partial charge is 0.407 e. The molecule has 2 aromatic carbocycles. The number of carbonyl (C=O) groups is 2. The van der Waals surface area contributed by atoms with Gasteiger partial charge in [-0.3, -0.25) is 4.79 Å². The van der Waals surface area contributed by atoms with Crippen LogP contribution in [0, 0.1) is 0 Å². The molecular weight excluding hydrogens is 422 g/mol. The summed E-state index contributed by atoms with van der Waals surface area (Å²) in [7, 11) is 1.59. The molecule has 0 spiro atoms. The third-order valence-corrected chi connectivity index (χ3v) is 5.33. The van der Waals surface area contributed by atoms with Crippen LogP contribution in [0.25, 0.3) is 0 Å². The number of nitrogen functional groups attached to an aromatic ring is 1. The number of amides is 2. The van der Waals surface area contributed by atoms with Gasteiger partial charge in [0.25, 0.3) is 5.91 Å². The molecule has 8 heteroatoms. The maximum absolute atomic E-state index is 13.3. The number of carbonyl (C=O) groups excluding carboxylic acids is 2. The molecule has 0 saturated heterocycles. The lowest BCUT2D eigenvalue weighted by atomic mass is 10.0. The fourth-order valence-corrected chi connectivity index (χ4v) is 3.96. The summed E-state index contributed by atoms with van der Waals surface area (Å²) in [6.07, 6.45) is -0.0113. The van der Waals surface area contributed by atoms with Gasteiger partial charge in [-0.05, 0) is 63.4 Å². The second-order valence-electron chi connectivity index (χ2n) is 8.89. The van der Waals surface area contributed by atoms with Gasteiger partial charge < -0.3 is 30.2 Å². The highest BCUT2D eigenvalue weighted by Crippen LogP contribution is 2.38. The van der Waals surface area contributed by atoms with Gasteiger partial charge in [-0.15, -0.1) is 0 Å². The summed E-state index contributed by atoms with van der Waals surface area (Å²) in [6.45, 7) is 8.58. The van der Waals surface area contributed by atoms with Crippen molar-refractivity contribution in [2.75, 3.05) is 26.0 Å². The highest BCUT2D eigenvalue weighted by atomic mass is 16.6. The minimum absolute atomic E-state index is 0.126. The maximum Gasteiger partial charge on any atom is 0.407 e. The molecule has 33 heavy (non-hydrogen) atoms. The maximum atomic E-state index is 13.3. The van der Waals surface area contributed by atoms with E-state index < -0.39 is 11.7 Å². The Morgan fingerprint density at radius 1 is 1.21 bits per heavy atom. The van der Waals surface area contributed by atoms with Crippen LogP contribution in [0.15, 0.2) is 36.4 Å². The Kier molecular flexibility index (Phi) is 7.36. The molecule has 0 aromatic heterocycles. The minimum atomic E-state index is -0.587. The van der Waals surface area contributed by atoms with Crippen molar-refractivity contribution in [1.82, 2.24) is 10.2 Å². The highest BCUT2D eigenvalue weighted by molar-refractivity contribution is 6.03. The van der Waals surface area contributed by atoms with Gasteiger partial charge in [0.15, 0.2) is 11.5 Å². The Morgan fingerprint density at radius 3 is 2.61 bits per heavy atom. The van der Waals surface area contributed by atoms with E-state index in [4.69, 9.17) is 19.9 Å². The molecule has 3 rings (SSSR count). The Labute approximate surface area is 195 Å².